The van der Waals surface area contributed by atoms with E-state index in [1.54, 1.807) is 0 Å². The van der Waals surface area contributed by atoms with Crippen LogP contribution >= 0.6 is 11.3 Å². The van der Waals surface area contributed by atoms with E-state index in [1.807, 2.05) is 0 Å². The van der Waals surface area contributed by atoms with Crippen LogP contribution in [0.1, 0.15) is 27.7 Å². The zero-order valence-corrected chi connectivity index (χ0v) is 9.22. The molecule has 0 bridgehead atoms. The topological polar surface area (TPSA) is 84.3 Å². The van der Waals surface area contributed by atoms with Crippen molar-refractivity contribution < 1.29 is 18.3 Å². The molecule has 0 aliphatic rings. The van der Waals surface area contributed by atoms with Crippen LogP contribution < -0.4 is 0 Å². The highest BCUT2D eigenvalue weighted by Gasteiger charge is 2.21. The molecule has 0 aliphatic carbocycles. The molecular formula is C7H9NO4S2. The second kappa shape index (κ2) is 3.66. The normalized spacial score (nSPS) is 13.9. The smallest absolute Gasteiger partial charge is 0.355 e. The van der Waals surface area contributed by atoms with Crippen molar-refractivity contribution in [2.45, 2.75) is 12.2 Å². The number of hydrogen-bond donors (Lipinski definition) is 1. The summed E-state index contributed by atoms with van der Waals surface area (Å²) in [6.45, 7) is 1.49. The van der Waals surface area contributed by atoms with E-state index in [9.17, 15) is 13.2 Å². The largest absolute Gasteiger partial charge is 0.476 e. The van der Waals surface area contributed by atoms with Crippen molar-refractivity contribution >= 4 is 27.1 Å². The number of rotatable bonds is 3. The first-order chi connectivity index (χ1) is 6.32. The molecular weight excluding hydrogens is 226 g/mol. The molecule has 5 nitrogen and oxygen atoms in total. The number of carbonyl (C=O) groups is 1. The van der Waals surface area contributed by atoms with Crippen molar-refractivity contribution in [2.24, 2.45) is 0 Å². The first-order valence-corrected chi connectivity index (χ1v) is 6.53. The van der Waals surface area contributed by atoms with E-state index in [0.717, 1.165) is 17.6 Å². The molecule has 1 aromatic heterocycles. The van der Waals surface area contributed by atoms with Crippen molar-refractivity contribution in [1.82, 2.24) is 4.98 Å². The third-order valence-corrected chi connectivity index (χ3v) is 4.42. The summed E-state index contributed by atoms with van der Waals surface area (Å²) < 4.78 is 22.3. The highest BCUT2D eigenvalue weighted by atomic mass is 32.2. The maximum absolute atomic E-state index is 11.1. The zero-order valence-electron chi connectivity index (χ0n) is 7.59. The maximum Gasteiger partial charge on any atom is 0.355 e. The van der Waals surface area contributed by atoms with Crippen LogP contribution in [0.2, 0.25) is 0 Å². The lowest BCUT2D eigenvalue weighted by molar-refractivity contribution is 0.0691. The number of aromatic carboxylic acids is 1. The molecule has 0 amide bonds. The average Bonchev–Trinajstić information content (AvgIpc) is 2.48. The Kier molecular flexibility index (Phi) is 2.91. The Morgan fingerprint density at radius 3 is 2.57 bits per heavy atom. The van der Waals surface area contributed by atoms with E-state index < -0.39 is 21.1 Å². The van der Waals surface area contributed by atoms with Gasteiger partial charge < -0.3 is 5.11 Å². The summed E-state index contributed by atoms with van der Waals surface area (Å²) >= 11 is 1.04. The van der Waals surface area contributed by atoms with Gasteiger partial charge in [0.2, 0.25) is 0 Å². The van der Waals surface area contributed by atoms with Crippen molar-refractivity contribution in [3.05, 3.63) is 16.1 Å². The number of carboxylic acid groups (broad SMARTS) is 1. The van der Waals surface area contributed by atoms with Gasteiger partial charge in [-0.2, -0.15) is 0 Å². The Labute approximate surface area is 85.3 Å². The van der Waals surface area contributed by atoms with Crippen LogP contribution in [-0.4, -0.2) is 30.7 Å². The van der Waals surface area contributed by atoms with Gasteiger partial charge in [0.05, 0.1) is 0 Å². The molecule has 1 aromatic rings. The van der Waals surface area contributed by atoms with Gasteiger partial charge in [-0.3, -0.25) is 0 Å². The highest BCUT2D eigenvalue weighted by molar-refractivity contribution is 7.91. The fraction of sp³-hybridized carbons (Fsp3) is 0.429. The standard InChI is InChI=1S/C7H9NO4S2/c1-4(14(2,11)12)6-8-5(3-13-6)7(9)10/h3-4H,1-2H3,(H,9,10). The summed E-state index contributed by atoms with van der Waals surface area (Å²) in [5.41, 5.74) is -0.111. The Balaban J connectivity index is 3.04. The van der Waals surface area contributed by atoms with Gasteiger partial charge in [-0.05, 0) is 6.92 Å². The fourth-order valence-corrected chi connectivity index (χ4v) is 2.59. The van der Waals surface area contributed by atoms with Crippen LogP contribution in [0.4, 0.5) is 0 Å². The summed E-state index contributed by atoms with van der Waals surface area (Å²) in [6, 6.07) is 0. The molecule has 1 rings (SSSR count). The molecule has 1 unspecified atom stereocenters. The third kappa shape index (κ3) is 2.30. The van der Waals surface area contributed by atoms with Gasteiger partial charge in [-0.25, -0.2) is 18.2 Å². The van der Waals surface area contributed by atoms with Crippen molar-refractivity contribution in [3.8, 4) is 0 Å². The zero-order chi connectivity index (χ0) is 10.9. The van der Waals surface area contributed by atoms with Gasteiger partial charge in [0.25, 0.3) is 0 Å². The Bertz CT molecular complexity index is 448. The second-order valence-corrected chi connectivity index (χ2v) is 6.10. The first kappa shape index (κ1) is 11.1. The molecule has 1 heterocycles. The van der Waals surface area contributed by atoms with Crippen molar-refractivity contribution in [2.75, 3.05) is 6.26 Å². The molecule has 7 heteroatoms. The lowest BCUT2D eigenvalue weighted by atomic mass is 10.5. The molecule has 0 aromatic carbocycles. The molecule has 78 valence electrons. The van der Waals surface area contributed by atoms with Crippen molar-refractivity contribution in [3.63, 3.8) is 0 Å². The summed E-state index contributed by atoms with van der Waals surface area (Å²) in [6.07, 6.45) is 1.10. The third-order valence-electron chi connectivity index (χ3n) is 1.73. The molecule has 0 radical (unpaired) electrons. The van der Waals surface area contributed by atoms with E-state index in [1.165, 1.54) is 12.3 Å². The molecule has 0 saturated heterocycles. The predicted octanol–water partition coefficient (Wildman–Crippen LogP) is 0.947. The highest BCUT2D eigenvalue weighted by Crippen LogP contribution is 2.24. The first-order valence-electron chi connectivity index (χ1n) is 3.70. The average molecular weight is 235 g/mol. The van der Waals surface area contributed by atoms with Crippen LogP contribution in [0.3, 0.4) is 0 Å². The predicted molar refractivity (Wildman–Crippen MR) is 52.3 cm³/mol. The van der Waals surface area contributed by atoms with Crippen LogP contribution in [0, 0.1) is 0 Å². The van der Waals surface area contributed by atoms with Gasteiger partial charge in [-0.1, -0.05) is 0 Å². The summed E-state index contributed by atoms with van der Waals surface area (Å²) in [5, 5.41) is 9.47. The van der Waals surface area contributed by atoms with Crippen molar-refractivity contribution in [1.29, 1.82) is 0 Å². The monoisotopic (exact) mass is 235 g/mol. The van der Waals surface area contributed by atoms with Crippen LogP contribution in [0.5, 0.6) is 0 Å². The molecule has 0 saturated carbocycles. The number of sulfone groups is 1. The minimum Gasteiger partial charge on any atom is -0.476 e. The van der Waals surface area contributed by atoms with Gasteiger partial charge >= 0.3 is 5.97 Å². The minimum atomic E-state index is -3.21. The van der Waals surface area contributed by atoms with E-state index >= 15 is 0 Å². The Hall–Kier alpha value is -0.950. The quantitative estimate of drug-likeness (QED) is 0.843. The molecule has 14 heavy (non-hydrogen) atoms. The molecule has 1 atom stereocenters. The second-order valence-electron chi connectivity index (χ2n) is 2.85. The summed E-state index contributed by atoms with van der Waals surface area (Å²) in [7, 11) is -3.21. The Morgan fingerprint density at radius 2 is 2.21 bits per heavy atom. The van der Waals surface area contributed by atoms with Gasteiger partial charge in [-0.15, -0.1) is 11.3 Å². The van der Waals surface area contributed by atoms with E-state index in [2.05, 4.69) is 4.98 Å². The summed E-state index contributed by atoms with van der Waals surface area (Å²) in [4.78, 5) is 14.2. The Morgan fingerprint density at radius 1 is 1.64 bits per heavy atom. The van der Waals surface area contributed by atoms with Gasteiger partial charge in [0.15, 0.2) is 15.5 Å². The van der Waals surface area contributed by atoms with E-state index in [0.29, 0.717) is 5.01 Å². The number of nitrogens with zero attached hydrogens (tertiary/aromatic N) is 1. The fourth-order valence-electron chi connectivity index (χ4n) is 0.756. The van der Waals surface area contributed by atoms with E-state index in [4.69, 9.17) is 5.11 Å². The number of carboxylic acids is 1. The number of hydrogen-bond acceptors (Lipinski definition) is 5. The lowest BCUT2D eigenvalue weighted by Gasteiger charge is -2.03. The maximum atomic E-state index is 11.1. The van der Waals surface area contributed by atoms with Crippen LogP contribution in [0.15, 0.2) is 5.38 Å². The molecule has 0 fully saturated rings. The van der Waals surface area contributed by atoms with Crippen LogP contribution in [-0.2, 0) is 9.84 Å². The molecule has 1 N–H and O–H groups in total. The molecule has 0 aliphatic heterocycles. The van der Waals surface area contributed by atoms with Gasteiger partial charge in [0.1, 0.15) is 10.3 Å². The van der Waals surface area contributed by atoms with E-state index in [-0.39, 0.29) is 5.69 Å². The molecule has 0 spiro atoms. The minimum absolute atomic E-state index is 0.111. The number of aromatic nitrogens is 1. The summed E-state index contributed by atoms with van der Waals surface area (Å²) in [5.74, 6) is -1.15. The lowest BCUT2D eigenvalue weighted by Crippen LogP contribution is -2.08. The number of thiazole rings is 1. The SMILES string of the molecule is CC(c1nc(C(=O)O)cs1)S(C)(=O)=O. The van der Waals surface area contributed by atoms with Crippen LogP contribution in [0.25, 0.3) is 0 Å². The van der Waals surface area contributed by atoms with Gasteiger partial charge in [0, 0.05) is 11.6 Å².